The van der Waals surface area contributed by atoms with Gasteiger partial charge in [-0.1, -0.05) is 18.2 Å². The topological polar surface area (TPSA) is 39.1 Å². The molecule has 1 aromatic heterocycles. The first-order valence-electron chi connectivity index (χ1n) is 6.22. The molecule has 18 heavy (non-hydrogen) atoms. The quantitative estimate of drug-likeness (QED) is 0.754. The van der Waals surface area contributed by atoms with Gasteiger partial charge < -0.3 is 10.1 Å². The molecule has 4 nitrogen and oxygen atoms in total. The molecule has 0 bridgehead atoms. The van der Waals surface area contributed by atoms with Gasteiger partial charge in [-0.15, -0.1) is 0 Å². The number of nitrogens with zero attached hydrogens (tertiary/aromatic N) is 2. The maximum absolute atomic E-state index is 5.59. The van der Waals surface area contributed by atoms with Gasteiger partial charge in [-0.2, -0.15) is 5.10 Å². The molecule has 0 aliphatic carbocycles. The van der Waals surface area contributed by atoms with E-state index in [0.29, 0.717) is 6.61 Å². The average Bonchev–Trinajstić information content (AvgIpc) is 2.81. The number of para-hydroxylation sites is 1. The molecule has 0 spiro atoms. The lowest BCUT2D eigenvalue weighted by molar-refractivity contribution is 0.314. The Morgan fingerprint density at radius 3 is 2.72 bits per heavy atom. The zero-order chi connectivity index (χ0) is 12.6. The Balaban J connectivity index is 1.56. The number of benzene rings is 1. The Labute approximate surface area is 108 Å². The van der Waals surface area contributed by atoms with Crippen molar-refractivity contribution in [2.45, 2.75) is 6.42 Å². The van der Waals surface area contributed by atoms with E-state index in [9.17, 15) is 0 Å². The first-order chi connectivity index (χ1) is 8.86. The Morgan fingerprint density at radius 1 is 1.17 bits per heavy atom. The molecular weight excluding hydrogens is 226 g/mol. The molecule has 0 aliphatic rings. The lowest BCUT2D eigenvalue weighted by Gasteiger charge is -2.07. The van der Waals surface area contributed by atoms with E-state index in [4.69, 9.17) is 4.74 Å². The largest absolute Gasteiger partial charge is 0.492 e. The molecule has 2 aromatic rings. The van der Waals surface area contributed by atoms with E-state index in [1.165, 1.54) is 5.69 Å². The van der Waals surface area contributed by atoms with Crippen molar-refractivity contribution < 1.29 is 4.74 Å². The van der Waals surface area contributed by atoms with Crippen LogP contribution in [0.15, 0.2) is 42.6 Å². The van der Waals surface area contributed by atoms with E-state index in [-0.39, 0.29) is 0 Å². The van der Waals surface area contributed by atoms with Gasteiger partial charge in [-0.25, -0.2) is 0 Å². The summed E-state index contributed by atoms with van der Waals surface area (Å²) in [4.78, 5) is 0. The van der Waals surface area contributed by atoms with E-state index < -0.39 is 0 Å². The van der Waals surface area contributed by atoms with Crippen LogP contribution in [-0.4, -0.2) is 29.5 Å². The Morgan fingerprint density at radius 2 is 2.00 bits per heavy atom. The van der Waals surface area contributed by atoms with Crippen molar-refractivity contribution in [2.24, 2.45) is 7.05 Å². The SMILES string of the molecule is Cn1nccc1CCNCCOc1ccccc1. The molecule has 0 saturated carbocycles. The van der Waals surface area contributed by atoms with Crippen molar-refractivity contribution in [3.05, 3.63) is 48.3 Å². The smallest absolute Gasteiger partial charge is 0.119 e. The van der Waals surface area contributed by atoms with Crippen LogP contribution in [0.4, 0.5) is 0 Å². The summed E-state index contributed by atoms with van der Waals surface area (Å²) in [5.74, 6) is 0.922. The molecule has 1 N–H and O–H groups in total. The van der Waals surface area contributed by atoms with Gasteiger partial charge in [0.15, 0.2) is 0 Å². The molecule has 1 heterocycles. The molecule has 2 rings (SSSR count). The molecule has 0 unspecified atom stereocenters. The summed E-state index contributed by atoms with van der Waals surface area (Å²) in [6, 6.07) is 11.9. The maximum atomic E-state index is 5.59. The van der Waals surface area contributed by atoms with Crippen LogP contribution in [0.1, 0.15) is 5.69 Å². The molecule has 1 aromatic carbocycles. The normalized spacial score (nSPS) is 10.5. The first kappa shape index (κ1) is 12.6. The Hall–Kier alpha value is -1.81. The molecule has 0 atom stereocenters. The molecule has 0 saturated heterocycles. The van der Waals surface area contributed by atoms with Gasteiger partial charge in [0.1, 0.15) is 12.4 Å². The van der Waals surface area contributed by atoms with Crippen molar-refractivity contribution >= 4 is 0 Å². The second-order valence-corrected chi connectivity index (χ2v) is 4.11. The molecule has 96 valence electrons. The monoisotopic (exact) mass is 245 g/mol. The van der Waals surface area contributed by atoms with Crippen LogP contribution in [0.5, 0.6) is 5.75 Å². The number of hydrogen-bond donors (Lipinski definition) is 1. The van der Waals surface area contributed by atoms with Crippen molar-refractivity contribution in [1.29, 1.82) is 0 Å². The molecule has 0 radical (unpaired) electrons. The molecule has 0 aliphatic heterocycles. The first-order valence-corrected chi connectivity index (χ1v) is 6.22. The summed E-state index contributed by atoms with van der Waals surface area (Å²) in [5, 5.41) is 7.49. The highest BCUT2D eigenvalue weighted by Gasteiger charge is 1.97. The fraction of sp³-hybridized carbons (Fsp3) is 0.357. The molecule has 0 amide bonds. The van der Waals surface area contributed by atoms with Crippen LogP contribution in [0.25, 0.3) is 0 Å². The third kappa shape index (κ3) is 3.89. The number of aryl methyl sites for hydroxylation is 1. The van der Waals surface area contributed by atoms with E-state index in [1.54, 1.807) is 0 Å². The lowest BCUT2D eigenvalue weighted by Crippen LogP contribution is -2.23. The summed E-state index contributed by atoms with van der Waals surface area (Å²) in [6.45, 7) is 2.49. The van der Waals surface area contributed by atoms with Crippen LogP contribution in [0.3, 0.4) is 0 Å². The minimum absolute atomic E-state index is 0.690. The zero-order valence-electron chi connectivity index (χ0n) is 10.7. The molecule has 4 heteroatoms. The lowest BCUT2D eigenvalue weighted by atomic mass is 10.3. The van der Waals surface area contributed by atoms with Gasteiger partial charge in [0.25, 0.3) is 0 Å². The van der Waals surface area contributed by atoms with Crippen LogP contribution < -0.4 is 10.1 Å². The highest BCUT2D eigenvalue weighted by atomic mass is 16.5. The zero-order valence-corrected chi connectivity index (χ0v) is 10.7. The van der Waals surface area contributed by atoms with E-state index in [1.807, 2.05) is 54.3 Å². The molecular formula is C14H19N3O. The fourth-order valence-electron chi connectivity index (χ4n) is 1.75. The highest BCUT2D eigenvalue weighted by Crippen LogP contribution is 2.07. The van der Waals surface area contributed by atoms with E-state index in [2.05, 4.69) is 10.4 Å². The van der Waals surface area contributed by atoms with Gasteiger partial charge in [-0.05, 0) is 18.2 Å². The summed E-state index contributed by atoms with van der Waals surface area (Å²) in [5.41, 5.74) is 1.24. The van der Waals surface area contributed by atoms with Crippen LogP contribution in [0.2, 0.25) is 0 Å². The van der Waals surface area contributed by atoms with Gasteiger partial charge in [0.2, 0.25) is 0 Å². The third-order valence-electron chi connectivity index (χ3n) is 2.77. The van der Waals surface area contributed by atoms with E-state index in [0.717, 1.165) is 25.3 Å². The second kappa shape index (κ2) is 6.81. The maximum Gasteiger partial charge on any atom is 0.119 e. The number of hydrogen-bond acceptors (Lipinski definition) is 3. The number of rotatable bonds is 7. The number of aromatic nitrogens is 2. The third-order valence-corrected chi connectivity index (χ3v) is 2.77. The van der Waals surface area contributed by atoms with Gasteiger partial charge >= 0.3 is 0 Å². The van der Waals surface area contributed by atoms with Crippen molar-refractivity contribution in [2.75, 3.05) is 19.7 Å². The summed E-state index contributed by atoms with van der Waals surface area (Å²) in [7, 11) is 1.97. The van der Waals surface area contributed by atoms with Crippen molar-refractivity contribution in [3.8, 4) is 5.75 Å². The summed E-state index contributed by atoms with van der Waals surface area (Å²) < 4.78 is 7.49. The second-order valence-electron chi connectivity index (χ2n) is 4.11. The Bertz CT molecular complexity index is 453. The van der Waals surface area contributed by atoms with Gasteiger partial charge in [0.05, 0.1) is 0 Å². The van der Waals surface area contributed by atoms with E-state index >= 15 is 0 Å². The standard InChI is InChI=1S/C14H19N3O/c1-17-13(8-10-16-17)7-9-15-11-12-18-14-5-3-2-4-6-14/h2-6,8,10,15H,7,9,11-12H2,1H3. The summed E-state index contributed by atoms with van der Waals surface area (Å²) in [6.07, 6.45) is 2.82. The Kier molecular flexibility index (Phi) is 4.78. The van der Waals surface area contributed by atoms with Crippen molar-refractivity contribution in [1.82, 2.24) is 15.1 Å². The fourth-order valence-corrected chi connectivity index (χ4v) is 1.75. The average molecular weight is 245 g/mol. The van der Waals surface area contributed by atoms with Gasteiger partial charge in [-0.3, -0.25) is 4.68 Å². The predicted molar refractivity (Wildman–Crippen MR) is 71.7 cm³/mol. The van der Waals surface area contributed by atoms with Crippen LogP contribution >= 0.6 is 0 Å². The predicted octanol–water partition coefficient (Wildman–Crippen LogP) is 1.63. The van der Waals surface area contributed by atoms with Crippen LogP contribution in [-0.2, 0) is 13.5 Å². The van der Waals surface area contributed by atoms with Crippen LogP contribution in [0, 0.1) is 0 Å². The minimum atomic E-state index is 0.690. The van der Waals surface area contributed by atoms with Crippen molar-refractivity contribution in [3.63, 3.8) is 0 Å². The van der Waals surface area contributed by atoms with Gasteiger partial charge in [0, 0.05) is 38.4 Å². The number of nitrogens with one attached hydrogen (secondary N) is 1. The minimum Gasteiger partial charge on any atom is -0.492 e. The number of ether oxygens (including phenoxy) is 1. The highest BCUT2D eigenvalue weighted by molar-refractivity contribution is 5.20. The molecule has 0 fully saturated rings. The summed E-state index contributed by atoms with van der Waals surface area (Å²) >= 11 is 0.